The third-order valence-corrected chi connectivity index (χ3v) is 2.64. The molecule has 0 fully saturated rings. The van der Waals surface area contributed by atoms with Gasteiger partial charge in [-0.25, -0.2) is 4.79 Å². The van der Waals surface area contributed by atoms with E-state index in [1.165, 1.54) is 0 Å². The first kappa shape index (κ1) is 17.7. The van der Waals surface area contributed by atoms with Crippen LogP contribution in [0.2, 0.25) is 0 Å². The number of carboxylic acid groups (broad SMARTS) is 1. The summed E-state index contributed by atoms with van der Waals surface area (Å²) in [4.78, 5) is 22.0. The summed E-state index contributed by atoms with van der Waals surface area (Å²) in [7, 11) is 0. The van der Waals surface area contributed by atoms with Crippen molar-refractivity contribution in [1.82, 2.24) is 10.6 Å². The second-order valence-corrected chi connectivity index (χ2v) is 4.81. The van der Waals surface area contributed by atoms with Gasteiger partial charge in [-0.2, -0.15) is 13.2 Å². The fourth-order valence-corrected chi connectivity index (χ4v) is 1.12. The number of halogens is 3. The lowest BCUT2D eigenvalue weighted by molar-refractivity contribution is -0.205. The minimum Gasteiger partial charge on any atom is -0.480 e. The van der Waals surface area contributed by atoms with Crippen molar-refractivity contribution in [2.45, 2.75) is 38.9 Å². The Hall–Kier alpha value is -1.31. The standard InChI is InChI=1S/C11H19F3N2O3/c1-7(2)4-5-15-8(17)6-16-10(3,9(18)19)11(12,13)14/h7,16H,4-6H2,1-3H3,(H,15,17)(H,18,19). The van der Waals surface area contributed by atoms with E-state index in [-0.39, 0.29) is 0 Å². The summed E-state index contributed by atoms with van der Waals surface area (Å²) < 4.78 is 37.8. The minimum atomic E-state index is -4.99. The number of carboxylic acids is 1. The van der Waals surface area contributed by atoms with Crippen LogP contribution in [0.4, 0.5) is 13.2 Å². The normalized spacial score (nSPS) is 15.1. The van der Waals surface area contributed by atoms with E-state index >= 15 is 0 Å². The molecule has 0 aromatic carbocycles. The number of rotatable bonds is 7. The second-order valence-electron chi connectivity index (χ2n) is 4.81. The van der Waals surface area contributed by atoms with Gasteiger partial charge in [0, 0.05) is 6.54 Å². The lowest BCUT2D eigenvalue weighted by atomic mass is 10.0. The van der Waals surface area contributed by atoms with Gasteiger partial charge in [-0.3, -0.25) is 10.1 Å². The Morgan fingerprint density at radius 1 is 1.26 bits per heavy atom. The van der Waals surface area contributed by atoms with Crippen LogP contribution in [0.5, 0.6) is 0 Å². The molecule has 1 unspecified atom stereocenters. The summed E-state index contributed by atoms with van der Waals surface area (Å²) in [6, 6.07) is 0. The van der Waals surface area contributed by atoms with Gasteiger partial charge in [0.15, 0.2) is 0 Å². The fourth-order valence-electron chi connectivity index (χ4n) is 1.12. The van der Waals surface area contributed by atoms with Gasteiger partial charge in [0.25, 0.3) is 0 Å². The topological polar surface area (TPSA) is 78.4 Å². The van der Waals surface area contributed by atoms with Crippen LogP contribution >= 0.6 is 0 Å². The largest absolute Gasteiger partial charge is 0.480 e. The Kier molecular flexibility index (Phi) is 6.28. The maximum Gasteiger partial charge on any atom is 0.417 e. The third-order valence-electron chi connectivity index (χ3n) is 2.64. The zero-order valence-corrected chi connectivity index (χ0v) is 11.1. The van der Waals surface area contributed by atoms with Crippen LogP contribution in [-0.2, 0) is 9.59 Å². The Morgan fingerprint density at radius 2 is 1.79 bits per heavy atom. The molecular formula is C11H19F3N2O3. The predicted octanol–water partition coefficient (Wildman–Crippen LogP) is 1.14. The highest BCUT2D eigenvalue weighted by molar-refractivity contribution is 5.82. The molecule has 0 aliphatic carbocycles. The number of alkyl halides is 3. The Balaban J connectivity index is 4.35. The Morgan fingerprint density at radius 3 is 2.16 bits per heavy atom. The molecule has 0 aliphatic rings. The molecule has 112 valence electrons. The van der Waals surface area contributed by atoms with E-state index in [1.807, 2.05) is 13.8 Å². The molecule has 0 saturated heterocycles. The first-order chi connectivity index (χ1) is 8.50. The van der Waals surface area contributed by atoms with Crippen molar-refractivity contribution < 1.29 is 27.9 Å². The summed E-state index contributed by atoms with van der Waals surface area (Å²) >= 11 is 0. The molecule has 0 rings (SSSR count). The Labute approximate surface area is 109 Å². The molecule has 1 amide bonds. The minimum absolute atomic E-state index is 0.341. The van der Waals surface area contributed by atoms with E-state index in [9.17, 15) is 22.8 Å². The quantitative estimate of drug-likeness (QED) is 0.655. The van der Waals surface area contributed by atoms with E-state index in [2.05, 4.69) is 5.32 Å². The van der Waals surface area contributed by atoms with Gasteiger partial charge in [0.1, 0.15) is 0 Å². The molecule has 0 saturated carbocycles. The predicted molar refractivity (Wildman–Crippen MR) is 62.6 cm³/mol. The molecule has 0 radical (unpaired) electrons. The van der Waals surface area contributed by atoms with E-state index in [4.69, 9.17) is 5.11 Å². The number of carbonyl (C=O) groups is 2. The number of amides is 1. The number of carbonyl (C=O) groups excluding carboxylic acids is 1. The van der Waals surface area contributed by atoms with Gasteiger partial charge in [0.05, 0.1) is 6.54 Å². The monoisotopic (exact) mass is 284 g/mol. The lowest BCUT2D eigenvalue weighted by Gasteiger charge is -2.28. The lowest BCUT2D eigenvalue weighted by Crippen LogP contribution is -2.61. The molecule has 0 spiro atoms. The van der Waals surface area contributed by atoms with Crippen LogP contribution in [0.25, 0.3) is 0 Å². The van der Waals surface area contributed by atoms with Gasteiger partial charge in [-0.1, -0.05) is 13.8 Å². The molecule has 3 N–H and O–H groups in total. The Bertz CT molecular complexity index is 332. The summed E-state index contributed by atoms with van der Waals surface area (Å²) in [5.41, 5.74) is -3.14. The molecule has 5 nitrogen and oxygen atoms in total. The van der Waals surface area contributed by atoms with Crippen LogP contribution in [0.3, 0.4) is 0 Å². The van der Waals surface area contributed by atoms with Crippen molar-refractivity contribution in [3.8, 4) is 0 Å². The van der Waals surface area contributed by atoms with Gasteiger partial charge in [0.2, 0.25) is 11.4 Å². The summed E-state index contributed by atoms with van der Waals surface area (Å²) in [6.07, 6.45) is -4.29. The molecular weight excluding hydrogens is 265 g/mol. The van der Waals surface area contributed by atoms with E-state index in [1.54, 1.807) is 5.32 Å². The number of hydrogen-bond donors (Lipinski definition) is 3. The number of aliphatic carboxylic acids is 1. The molecule has 0 aromatic heterocycles. The molecule has 0 aliphatic heterocycles. The zero-order valence-electron chi connectivity index (χ0n) is 11.1. The molecule has 0 aromatic rings. The van der Waals surface area contributed by atoms with E-state index < -0.39 is 30.1 Å². The average Bonchev–Trinajstić information content (AvgIpc) is 2.23. The second kappa shape index (κ2) is 6.74. The van der Waals surface area contributed by atoms with Crippen LogP contribution in [0.15, 0.2) is 0 Å². The average molecular weight is 284 g/mol. The van der Waals surface area contributed by atoms with E-state index in [0.717, 1.165) is 0 Å². The SMILES string of the molecule is CC(C)CCNC(=O)CNC(C)(C(=O)O)C(F)(F)F. The molecule has 1 atom stereocenters. The van der Waals surface area contributed by atoms with Crippen LogP contribution in [0, 0.1) is 5.92 Å². The van der Waals surface area contributed by atoms with E-state index in [0.29, 0.717) is 25.8 Å². The summed E-state index contributed by atoms with van der Waals surface area (Å²) in [6.45, 7) is 4.00. The van der Waals surface area contributed by atoms with Crippen molar-refractivity contribution >= 4 is 11.9 Å². The van der Waals surface area contributed by atoms with Crippen LogP contribution in [-0.4, -0.2) is 41.8 Å². The zero-order chi connectivity index (χ0) is 15.3. The smallest absolute Gasteiger partial charge is 0.417 e. The molecule has 0 heterocycles. The highest BCUT2D eigenvalue weighted by Crippen LogP contribution is 2.30. The first-order valence-corrected chi connectivity index (χ1v) is 5.82. The van der Waals surface area contributed by atoms with Gasteiger partial charge < -0.3 is 10.4 Å². The van der Waals surface area contributed by atoms with Crippen molar-refractivity contribution in [2.75, 3.05) is 13.1 Å². The number of hydrogen-bond acceptors (Lipinski definition) is 3. The fraction of sp³-hybridized carbons (Fsp3) is 0.818. The van der Waals surface area contributed by atoms with Gasteiger partial charge in [-0.15, -0.1) is 0 Å². The molecule has 19 heavy (non-hydrogen) atoms. The van der Waals surface area contributed by atoms with Gasteiger partial charge >= 0.3 is 12.1 Å². The summed E-state index contributed by atoms with van der Waals surface area (Å²) in [5.74, 6) is -2.39. The highest BCUT2D eigenvalue weighted by Gasteiger charge is 2.57. The molecule has 8 heteroatoms. The highest BCUT2D eigenvalue weighted by atomic mass is 19.4. The van der Waals surface area contributed by atoms with Crippen molar-refractivity contribution in [3.05, 3.63) is 0 Å². The van der Waals surface area contributed by atoms with Crippen LogP contribution < -0.4 is 10.6 Å². The third kappa shape index (κ3) is 5.46. The van der Waals surface area contributed by atoms with Gasteiger partial charge in [-0.05, 0) is 19.3 Å². The van der Waals surface area contributed by atoms with Crippen molar-refractivity contribution in [1.29, 1.82) is 0 Å². The van der Waals surface area contributed by atoms with Crippen LogP contribution in [0.1, 0.15) is 27.2 Å². The maximum atomic E-state index is 12.6. The molecule has 0 bridgehead atoms. The first-order valence-electron chi connectivity index (χ1n) is 5.82. The number of nitrogens with one attached hydrogen (secondary N) is 2. The maximum absolute atomic E-state index is 12.6. The van der Waals surface area contributed by atoms with Crippen molar-refractivity contribution in [2.24, 2.45) is 5.92 Å². The van der Waals surface area contributed by atoms with Crippen molar-refractivity contribution in [3.63, 3.8) is 0 Å². The summed E-state index contributed by atoms with van der Waals surface area (Å²) in [5, 5.41) is 12.8.